The zero-order valence-corrected chi connectivity index (χ0v) is 43.9. The van der Waals surface area contributed by atoms with Crippen LogP contribution in [0.25, 0.3) is 66.1 Å². The van der Waals surface area contributed by atoms with E-state index < -0.39 is 0 Å². The predicted octanol–water partition coefficient (Wildman–Crippen LogP) is 18.1. The Morgan fingerprint density at radius 2 is 1.18 bits per heavy atom. The van der Waals surface area contributed by atoms with E-state index in [1.54, 1.807) is 11.8 Å². The first-order chi connectivity index (χ1) is 35.7. The van der Waals surface area contributed by atoms with E-state index in [2.05, 4.69) is 229 Å². The molecule has 0 saturated carbocycles. The molecule has 9 aromatic carbocycles. The number of aryl methyl sites for hydroxylation is 1. The van der Waals surface area contributed by atoms with E-state index in [1.807, 2.05) is 0 Å². The highest BCUT2D eigenvalue weighted by Crippen LogP contribution is 2.58. The molecule has 0 radical (unpaired) electrons. The van der Waals surface area contributed by atoms with Crippen LogP contribution >= 0.6 is 11.8 Å². The highest BCUT2D eigenvalue weighted by atomic mass is 32.2. The minimum Gasteiger partial charge on any atom is -0.455 e. The molecule has 0 bridgehead atoms. The maximum Gasteiger partial charge on any atom is 0.333 e. The molecule has 0 N–H and O–H groups in total. The van der Waals surface area contributed by atoms with E-state index in [0.717, 1.165) is 117 Å². The zero-order chi connectivity index (χ0) is 50.2. The van der Waals surface area contributed by atoms with Gasteiger partial charge in [0, 0.05) is 67.2 Å². The summed E-state index contributed by atoms with van der Waals surface area (Å²) >= 11 is 1.79. The average molecular weight is 979 g/mol. The SMILES string of the molecule is Cc1cc2c(cc1N1c3cc4c(cc3B3c5c1cc1c(oc6ccccc61)c5-c1c(ccc5c1oc1ccccc15)N3c1ccc(C(C)(C)C)cc1-c1ccccc1)Sc1ccccc1O4)C(C)(C)CCC2(C)C. The summed E-state index contributed by atoms with van der Waals surface area (Å²) in [5, 5.41) is 4.33. The number of hydrogen-bond acceptors (Lipinski definition) is 6. The molecule has 15 rings (SSSR count). The van der Waals surface area contributed by atoms with Crippen molar-refractivity contribution < 1.29 is 13.6 Å². The maximum absolute atomic E-state index is 7.29. The quantitative estimate of drug-likeness (QED) is 0.164. The second-order valence-corrected chi connectivity index (χ2v) is 24.6. The van der Waals surface area contributed by atoms with E-state index >= 15 is 0 Å². The van der Waals surface area contributed by atoms with Gasteiger partial charge in [-0.3, -0.25) is 0 Å². The Hall–Kier alpha value is -7.61. The Labute approximate surface area is 436 Å². The summed E-state index contributed by atoms with van der Waals surface area (Å²) < 4.78 is 21.5. The third kappa shape index (κ3) is 6.19. The van der Waals surface area contributed by atoms with Gasteiger partial charge in [-0.05, 0) is 141 Å². The first-order valence-electron chi connectivity index (χ1n) is 26.2. The fourth-order valence-electron chi connectivity index (χ4n) is 13.0. The van der Waals surface area contributed by atoms with Crippen LogP contribution < -0.4 is 25.4 Å². The molecule has 360 valence electrons. The molecule has 0 atom stereocenters. The van der Waals surface area contributed by atoms with E-state index in [1.165, 1.54) is 44.4 Å². The van der Waals surface area contributed by atoms with Crippen molar-refractivity contribution in [3.63, 3.8) is 0 Å². The monoisotopic (exact) mass is 978 g/mol. The van der Waals surface area contributed by atoms with Crippen LogP contribution in [0.4, 0.5) is 28.4 Å². The number of hydrogen-bond donors (Lipinski definition) is 0. The number of anilines is 5. The zero-order valence-electron chi connectivity index (χ0n) is 43.1. The molecule has 7 heteroatoms. The maximum atomic E-state index is 7.29. The number of nitrogens with zero attached hydrogens (tertiary/aromatic N) is 2. The minimum absolute atomic E-state index is 0.0202. The number of benzene rings is 9. The molecule has 5 heterocycles. The summed E-state index contributed by atoms with van der Waals surface area (Å²) in [5.74, 6) is 1.74. The summed E-state index contributed by atoms with van der Waals surface area (Å²) in [6.07, 6.45) is 2.26. The van der Waals surface area contributed by atoms with Crippen molar-refractivity contribution in [3.05, 3.63) is 186 Å². The van der Waals surface area contributed by atoms with Gasteiger partial charge >= 0.3 is 6.85 Å². The van der Waals surface area contributed by atoms with Gasteiger partial charge in [-0.15, -0.1) is 0 Å². The van der Waals surface area contributed by atoms with E-state index in [0.29, 0.717) is 0 Å². The van der Waals surface area contributed by atoms with Crippen LogP contribution in [0.3, 0.4) is 0 Å². The van der Waals surface area contributed by atoms with E-state index in [4.69, 9.17) is 13.6 Å². The van der Waals surface area contributed by atoms with Gasteiger partial charge in [0.25, 0.3) is 0 Å². The Bertz CT molecular complexity index is 4230. The van der Waals surface area contributed by atoms with Crippen LogP contribution in [-0.2, 0) is 16.2 Å². The molecule has 3 aliphatic heterocycles. The standard InChI is InChI=1S/C67H55BN2O3S/c1-38-32-46-47(67(7,8)31-30-66(46,5)6)35-51(38)69-52-37-57-59(74-58-25-17-16-24-56(58)71-57)36-48(52)68-62-53(69)34-45-42-21-13-15-23-55(42)73-64(45)61(62)60-50(29-27-43-41-20-12-14-22-54(41)72-63(43)60)70(68)49-28-26-40(65(2,3)4)33-44(49)39-18-10-9-11-19-39/h9-29,32-37H,30-31H2,1-8H3. The molecule has 4 aliphatic rings. The summed E-state index contributed by atoms with van der Waals surface area (Å²) in [4.78, 5) is 7.44. The molecular weight excluding hydrogens is 924 g/mol. The van der Waals surface area contributed by atoms with Crippen molar-refractivity contribution >= 4 is 102 Å². The molecule has 74 heavy (non-hydrogen) atoms. The predicted molar refractivity (Wildman–Crippen MR) is 310 cm³/mol. The smallest absolute Gasteiger partial charge is 0.333 e. The number of furan rings is 2. The summed E-state index contributed by atoms with van der Waals surface area (Å²) in [5.41, 5.74) is 21.2. The van der Waals surface area contributed by atoms with Crippen molar-refractivity contribution in [1.82, 2.24) is 0 Å². The lowest BCUT2D eigenvalue weighted by Crippen LogP contribution is -2.61. The van der Waals surface area contributed by atoms with Gasteiger partial charge in [0.1, 0.15) is 33.8 Å². The first kappa shape index (κ1) is 43.9. The van der Waals surface area contributed by atoms with Gasteiger partial charge in [0.2, 0.25) is 0 Å². The normalized spacial score (nSPS) is 15.9. The van der Waals surface area contributed by atoms with Gasteiger partial charge < -0.3 is 23.3 Å². The molecule has 0 spiro atoms. The number of ether oxygens (including phenoxy) is 1. The summed E-state index contributed by atoms with van der Waals surface area (Å²) in [6.45, 7) is 18.7. The summed E-state index contributed by atoms with van der Waals surface area (Å²) in [6, 6.07) is 60.5. The first-order valence-corrected chi connectivity index (χ1v) is 27.0. The third-order valence-electron chi connectivity index (χ3n) is 17.0. The van der Waals surface area contributed by atoms with Crippen LogP contribution in [-0.4, -0.2) is 6.85 Å². The van der Waals surface area contributed by atoms with Gasteiger partial charge in [-0.1, -0.05) is 151 Å². The van der Waals surface area contributed by atoms with Gasteiger partial charge in [0.15, 0.2) is 0 Å². The molecule has 0 amide bonds. The molecule has 0 unspecified atom stereocenters. The molecule has 5 nitrogen and oxygen atoms in total. The number of fused-ring (bicyclic) bond motifs is 15. The fourth-order valence-corrected chi connectivity index (χ4v) is 14.0. The molecular formula is C67H55BN2O3S. The van der Waals surface area contributed by atoms with Gasteiger partial charge in [0.05, 0.1) is 15.4 Å². The number of para-hydroxylation sites is 3. The van der Waals surface area contributed by atoms with Crippen molar-refractivity contribution in [1.29, 1.82) is 0 Å². The van der Waals surface area contributed by atoms with E-state index in [9.17, 15) is 0 Å². The highest BCUT2D eigenvalue weighted by molar-refractivity contribution is 7.99. The molecule has 2 aromatic heterocycles. The molecule has 0 fully saturated rings. The Morgan fingerprint density at radius 1 is 0.527 bits per heavy atom. The topological polar surface area (TPSA) is 42.0 Å². The van der Waals surface area contributed by atoms with Crippen molar-refractivity contribution in [2.24, 2.45) is 0 Å². The number of rotatable bonds is 3. The van der Waals surface area contributed by atoms with Crippen LogP contribution in [0.2, 0.25) is 0 Å². The molecule has 1 aliphatic carbocycles. The van der Waals surface area contributed by atoms with Crippen LogP contribution in [0, 0.1) is 6.92 Å². The van der Waals surface area contributed by atoms with E-state index in [-0.39, 0.29) is 23.1 Å². The fraction of sp³-hybridized carbons (Fsp3) is 0.194. The second kappa shape index (κ2) is 15.2. The largest absolute Gasteiger partial charge is 0.455 e. The van der Waals surface area contributed by atoms with Crippen LogP contribution in [0.15, 0.2) is 182 Å². The Morgan fingerprint density at radius 3 is 1.92 bits per heavy atom. The molecule has 11 aromatic rings. The Balaban J connectivity index is 1.14. The minimum atomic E-state index is -0.322. The average Bonchev–Trinajstić information content (AvgIpc) is 4.05. The lowest BCUT2D eigenvalue weighted by Gasteiger charge is -2.47. The van der Waals surface area contributed by atoms with Crippen molar-refractivity contribution in [3.8, 4) is 33.8 Å². The molecule has 0 saturated heterocycles. The van der Waals surface area contributed by atoms with Gasteiger partial charge in [-0.25, -0.2) is 0 Å². The van der Waals surface area contributed by atoms with Gasteiger partial charge in [-0.2, -0.15) is 0 Å². The second-order valence-electron chi connectivity index (χ2n) is 23.5. The van der Waals surface area contributed by atoms with Crippen molar-refractivity contribution in [2.75, 3.05) is 9.71 Å². The van der Waals surface area contributed by atoms with Crippen LogP contribution in [0.1, 0.15) is 83.6 Å². The van der Waals surface area contributed by atoms with Crippen molar-refractivity contribution in [2.45, 2.75) is 94.3 Å². The Kier molecular flexibility index (Phi) is 9.05. The lowest BCUT2D eigenvalue weighted by atomic mass is 9.43. The lowest BCUT2D eigenvalue weighted by molar-refractivity contribution is 0.332. The van der Waals surface area contributed by atoms with Crippen LogP contribution in [0.5, 0.6) is 11.5 Å². The highest BCUT2D eigenvalue weighted by Gasteiger charge is 2.49. The third-order valence-corrected chi connectivity index (χ3v) is 18.1. The summed E-state index contributed by atoms with van der Waals surface area (Å²) in [7, 11) is 0.